The summed E-state index contributed by atoms with van der Waals surface area (Å²) in [7, 11) is 0. The van der Waals surface area contributed by atoms with E-state index in [-0.39, 0.29) is 17.9 Å². The summed E-state index contributed by atoms with van der Waals surface area (Å²) in [6.07, 6.45) is 0.697. The molecule has 1 unspecified atom stereocenters. The Morgan fingerprint density at radius 2 is 2.00 bits per heavy atom. The fraction of sp³-hybridized carbons (Fsp3) is 0.692. The average molecular weight is 252 g/mol. The maximum absolute atomic E-state index is 12.0. The first-order chi connectivity index (χ1) is 8.38. The van der Waals surface area contributed by atoms with E-state index in [0.717, 1.165) is 17.1 Å². The minimum absolute atomic E-state index is 0.00922. The van der Waals surface area contributed by atoms with Crippen LogP contribution in [0.5, 0.6) is 0 Å². The Bertz CT molecular complexity index is 423. The SMILES string of the molecule is Cc1nn(C(C)C)c(C)c1NC(=O)C(C)CCN. The molecule has 1 rings (SSSR count). The van der Waals surface area contributed by atoms with Crippen LogP contribution in [0.4, 0.5) is 5.69 Å². The summed E-state index contributed by atoms with van der Waals surface area (Å²) < 4.78 is 1.93. The maximum atomic E-state index is 12.0. The maximum Gasteiger partial charge on any atom is 0.227 e. The van der Waals surface area contributed by atoms with Gasteiger partial charge in [0.2, 0.25) is 5.91 Å². The predicted molar refractivity (Wildman–Crippen MR) is 73.6 cm³/mol. The molecule has 0 aliphatic heterocycles. The number of rotatable bonds is 5. The zero-order chi connectivity index (χ0) is 13.9. The molecule has 102 valence electrons. The van der Waals surface area contributed by atoms with Crippen LogP contribution in [0.25, 0.3) is 0 Å². The molecule has 3 N–H and O–H groups in total. The van der Waals surface area contributed by atoms with Crippen LogP contribution in [0, 0.1) is 19.8 Å². The van der Waals surface area contributed by atoms with Crippen molar-refractivity contribution >= 4 is 11.6 Å². The topological polar surface area (TPSA) is 72.9 Å². The van der Waals surface area contributed by atoms with Crippen LogP contribution in [-0.2, 0) is 4.79 Å². The standard InChI is InChI=1S/C13H24N4O/c1-8(2)17-11(5)12(10(4)16-17)15-13(18)9(3)6-7-14/h8-9H,6-7,14H2,1-5H3,(H,15,18). The molecule has 1 heterocycles. The highest BCUT2D eigenvalue weighted by atomic mass is 16.1. The van der Waals surface area contributed by atoms with Gasteiger partial charge in [-0.05, 0) is 40.7 Å². The second-order valence-corrected chi connectivity index (χ2v) is 5.05. The highest BCUT2D eigenvalue weighted by Crippen LogP contribution is 2.23. The minimum atomic E-state index is -0.0730. The Morgan fingerprint density at radius 3 is 2.44 bits per heavy atom. The zero-order valence-corrected chi connectivity index (χ0v) is 11.9. The third-order valence-corrected chi connectivity index (χ3v) is 3.11. The lowest BCUT2D eigenvalue weighted by molar-refractivity contribution is -0.119. The van der Waals surface area contributed by atoms with E-state index in [9.17, 15) is 4.79 Å². The van der Waals surface area contributed by atoms with Gasteiger partial charge in [0.05, 0.1) is 17.1 Å². The Labute approximate surface area is 109 Å². The number of hydrogen-bond donors (Lipinski definition) is 2. The van der Waals surface area contributed by atoms with Gasteiger partial charge in [0, 0.05) is 12.0 Å². The van der Waals surface area contributed by atoms with Gasteiger partial charge in [-0.1, -0.05) is 6.92 Å². The van der Waals surface area contributed by atoms with Gasteiger partial charge in [0.15, 0.2) is 0 Å². The van der Waals surface area contributed by atoms with Crippen molar-refractivity contribution in [2.24, 2.45) is 11.7 Å². The third-order valence-electron chi connectivity index (χ3n) is 3.11. The van der Waals surface area contributed by atoms with Crippen molar-refractivity contribution in [3.8, 4) is 0 Å². The molecule has 5 heteroatoms. The van der Waals surface area contributed by atoms with Gasteiger partial charge in [0.1, 0.15) is 0 Å². The van der Waals surface area contributed by atoms with E-state index in [1.807, 2.05) is 25.5 Å². The molecule has 1 aromatic heterocycles. The summed E-state index contributed by atoms with van der Waals surface area (Å²) in [6, 6.07) is 0.288. The molecule has 0 saturated heterocycles. The number of aromatic nitrogens is 2. The second-order valence-electron chi connectivity index (χ2n) is 5.05. The van der Waals surface area contributed by atoms with Gasteiger partial charge >= 0.3 is 0 Å². The highest BCUT2D eigenvalue weighted by Gasteiger charge is 2.18. The van der Waals surface area contributed by atoms with E-state index >= 15 is 0 Å². The molecule has 5 nitrogen and oxygen atoms in total. The van der Waals surface area contributed by atoms with E-state index < -0.39 is 0 Å². The van der Waals surface area contributed by atoms with E-state index in [0.29, 0.717) is 13.0 Å². The lowest BCUT2D eigenvalue weighted by Crippen LogP contribution is -2.23. The normalized spacial score (nSPS) is 12.8. The van der Waals surface area contributed by atoms with Gasteiger partial charge in [0.25, 0.3) is 0 Å². The first kappa shape index (κ1) is 14.7. The Morgan fingerprint density at radius 1 is 1.39 bits per heavy atom. The molecule has 0 aromatic carbocycles. The summed E-state index contributed by atoms with van der Waals surface area (Å²) in [4.78, 5) is 12.0. The van der Waals surface area contributed by atoms with Crippen molar-refractivity contribution < 1.29 is 4.79 Å². The van der Waals surface area contributed by atoms with Crippen LogP contribution < -0.4 is 11.1 Å². The molecule has 0 aliphatic rings. The number of nitrogens with two attached hydrogens (primary N) is 1. The molecule has 0 saturated carbocycles. The number of nitrogens with zero attached hydrogens (tertiary/aromatic N) is 2. The molecule has 0 radical (unpaired) electrons. The number of hydrogen-bond acceptors (Lipinski definition) is 3. The van der Waals surface area contributed by atoms with Crippen molar-refractivity contribution in [1.29, 1.82) is 0 Å². The third kappa shape index (κ3) is 3.10. The summed E-state index contributed by atoms with van der Waals surface area (Å²) >= 11 is 0. The van der Waals surface area contributed by atoms with Crippen molar-refractivity contribution in [2.45, 2.75) is 47.1 Å². The largest absolute Gasteiger partial charge is 0.330 e. The highest BCUT2D eigenvalue weighted by molar-refractivity contribution is 5.93. The van der Waals surface area contributed by atoms with Gasteiger partial charge in [-0.2, -0.15) is 5.10 Å². The van der Waals surface area contributed by atoms with E-state index in [1.54, 1.807) is 0 Å². The van der Waals surface area contributed by atoms with E-state index in [4.69, 9.17) is 5.73 Å². The monoisotopic (exact) mass is 252 g/mol. The quantitative estimate of drug-likeness (QED) is 0.842. The number of carbonyl (C=O) groups is 1. The number of carbonyl (C=O) groups excluding carboxylic acids is 1. The van der Waals surface area contributed by atoms with Crippen LogP contribution in [-0.4, -0.2) is 22.2 Å². The van der Waals surface area contributed by atoms with Crippen LogP contribution >= 0.6 is 0 Å². The summed E-state index contributed by atoms with van der Waals surface area (Å²) in [5.41, 5.74) is 8.15. The Kier molecular flexibility index (Phi) is 4.90. The lowest BCUT2D eigenvalue weighted by atomic mass is 10.1. The minimum Gasteiger partial charge on any atom is -0.330 e. The molecular weight excluding hydrogens is 228 g/mol. The number of anilines is 1. The van der Waals surface area contributed by atoms with E-state index in [2.05, 4.69) is 24.3 Å². The molecular formula is C13H24N4O. The van der Waals surface area contributed by atoms with Crippen molar-refractivity contribution in [2.75, 3.05) is 11.9 Å². The molecule has 0 fully saturated rings. The summed E-state index contributed by atoms with van der Waals surface area (Å²) in [6.45, 7) is 10.4. The fourth-order valence-electron chi connectivity index (χ4n) is 1.97. The Hall–Kier alpha value is -1.36. The molecule has 0 aliphatic carbocycles. The Balaban J connectivity index is 2.88. The molecule has 1 amide bonds. The van der Waals surface area contributed by atoms with Crippen LogP contribution in [0.1, 0.15) is 44.6 Å². The number of amides is 1. The first-order valence-electron chi connectivity index (χ1n) is 6.45. The number of nitrogens with one attached hydrogen (secondary N) is 1. The molecule has 1 aromatic rings. The first-order valence-corrected chi connectivity index (χ1v) is 6.45. The van der Waals surface area contributed by atoms with Gasteiger partial charge in [-0.25, -0.2) is 0 Å². The van der Waals surface area contributed by atoms with Crippen molar-refractivity contribution in [3.63, 3.8) is 0 Å². The molecule has 18 heavy (non-hydrogen) atoms. The molecule has 0 bridgehead atoms. The molecule has 0 spiro atoms. The smallest absolute Gasteiger partial charge is 0.227 e. The van der Waals surface area contributed by atoms with Crippen molar-refractivity contribution in [1.82, 2.24) is 9.78 Å². The van der Waals surface area contributed by atoms with Gasteiger partial charge in [-0.15, -0.1) is 0 Å². The summed E-state index contributed by atoms with van der Waals surface area (Å²) in [5.74, 6) is -0.0637. The van der Waals surface area contributed by atoms with E-state index in [1.165, 1.54) is 0 Å². The predicted octanol–water partition coefficient (Wildman–Crippen LogP) is 2.00. The average Bonchev–Trinajstić information content (AvgIpc) is 2.57. The van der Waals surface area contributed by atoms with Crippen molar-refractivity contribution in [3.05, 3.63) is 11.4 Å². The van der Waals surface area contributed by atoms with Crippen LogP contribution in [0.3, 0.4) is 0 Å². The fourth-order valence-corrected chi connectivity index (χ4v) is 1.97. The van der Waals surface area contributed by atoms with Crippen LogP contribution in [0.2, 0.25) is 0 Å². The van der Waals surface area contributed by atoms with Gasteiger partial charge in [-0.3, -0.25) is 9.48 Å². The molecule has 1 atom stereocenters. The van der Waals surface area contributed by atoms with Crippen LogP contribution in [0.15, 0.2) is 0 Å². The summed E-state index contributed by atoms with van der Waals surface area (Å²) in [5, 5.41) is 7.41. The lowest BCUT2D eigenvalue weighted by Gasteiger charge is -2.12. The number of aryl methyl sites for hydroxylation is 1. The zero-order valence-electron chi connectivity index (χ0n) is 11.9. The second kappa shape index (κ2) is 6.00. The van der Waals surface area contributed by atoms with Gasteiger partial charge < -0.3 is 11.1 Å².